The molecule has 0 aliphatic heterocycles. The Morgan fingerprint density at radius 3 is 2.25 bits per heavy atom. The molecule has 2 nitrogen and oxygen atoms in total. The van der Waals surface area contributed by atoms with Crippen molar-refractivity contribution in [3.8, 4) is 11.5 Å². The van der Waals surface area contributed by atoms with Crippen LogP contribution in [0.1, 0.15) is 19.4 Å². The van der Waals surface area contributed by atoms with Crippen LogP contribution in [0.5, 0.6) is 11.5 Å². The van der Waals surface area contributed by atoms with Crippen molar-refractivity contribution < 1.29 is 9.84 Å². The summed E-state index contributed by atoms with van der Waals surface area (Å²) in [6.45, 7) is 5.89. The van der Waals surface area contributed by atoms with Crippen molar-refractivity contribution >= 4 is 0 Å². The van der Waals surface area contributed by atoms with Crippen molar-refractivity contribution in [2.75, 3.05) is 7.11 Å². The molecule has 0 amide bonds. The highest BCUT2D eigenvalue weighted by atomic mass is 16.5. The lowest BCUT2D eigenvalue weighted by atomic mass is 10.2. The Labute approximate surface area is 73.8 Å². The Kier molecular flexibility index (Phi) is 4.93. The summed E-state index contributed by atoms with van der Waals surface area (Å²) in [7, 11) is 1.61. The van der Waals surface area contributed by atoms with Crippen LogP contribution >= 0.6 is 0 Å². The first-order valence-corrected chi connectivity index (χ1v) is 4.07. The average Bonchev–Trinajstić information content (AvgIpc) is 2.08. The number of methoxy groups -OCH3 is 1. The van der Waals surface area contributed by atoms with Crippen LogP contribution in [-0.4, -0.2) is 12.2 Å². The molecule has 12 heavy (non-hydrogen) atoms. The summed E-state index contributed by atoms with van der Waals surface area (Å²) in [5.41, 5.74) is 0.947. The van der Waals surface area contributed by atoms with Gasteiger partial charge in [-0.2, -0.15) is 0 Å². The summed E-state index contributed by atoms with van der Waals surface area (Å²) < 4.78 is 4.99. The number of rotatable bonds is 1. The summed E-state index contributed by atoms with van der Waals surface area (Å²) in [4.78, 5) is 0. The normalized spacial score (nSPS) is 8.33. The predicted octanol–water partition coefficient (Wildman–Crippen LogP) is 2.74. The molecule has 2 heteroatoms. The first kappa shape index (κ1) is 10.8. The maximum absolute atomic E-state index is 8.98. The molecule has 1 aromatic rings. The van der Waals surface area contributed by atoms with E-state index in [1.165, 1.54) is 0 Å². The van der Waals surface area contributed by atoms with Crippen molar-refractivity contribution in [2.24, 2.45) is 0 Å². The van der Waals surface area contributed by atoms with Gasteiger partial charge in [0, 0.05) is 0 Å². The second-order valence-electron chi connectivity index (χ2n) is 2.15. The number of phenols is 1. The molecule has 1 N–H and O–H groups in total. The van der Waals surface area contributed by atoms with Gasteiger partial charge in [0.1, 0.15) is 11.5 Å². The van der Waals surface area contributed by atoms with Gasteiger partial charge in [0.2, 0.25) is 0 Å². The van der Waals surface area contributed by atoms with Crippen LogP contribution in [0.25, 0.3) is 0 Å². The molecule has 1 aromatic carbocycles. The Hall–Kier alpha value is -1.18. The van der Waals surface area contributed by atoms with Gasteiger partial charge in [-0.3, -0.25) is 0 Å². The monoisotopic (exact) mass is 168 g/mol. The van der Waals surface area contributed by atoms with Gasteiger partial charge >= 0.3 is 0 Å². The van der Waals surface area contributed by atoms with Crippen LogP contribution in [-0.2, 0) is 0 Å². The number of phenolic OH excluding ortho intramolecular Hbond substituents is 1. The van der Waals surface area contributed by atoms with E-state index in [0.29, 0.717) is 0 Å². The van der Waals surface area contributed by atoms with Crippen molar-refractivity contribution in [3.63, 3.8) is 0 Å². The summed E-state index contributed by atoms with van der Waals surface area (Å²) in [6, 6.07) is 5.01. The van der Waals surface area contributed by atoms with E-state index in [1.807, 2.05) is 20.8 Å². The summed E-state index contributed by atoms with van der Waals surface area (Å²) in [5, 5.41) is 8.98. The number of hydrogen-bond donors (Lipinski definition) is 1. The molecule has 68 valence electrons. The van der Waals surface area contributed by atoms with Crippen LogP contribution in [0, 0.1) is 6.92 Å². The molecule has 0 saturated carbocycles. The van der Waals surface area contributed by atoms with E-state index in [4.69, 9.17) is 9.84 Å². The van der Waals surface area contributed by atoms with Crippen LogP contribution < -0.4 is 4.74 Å². The predicted molar refractivity (Wildman–Crippen MR) is 50.7 cm³/mol. The van der Waals surface area contributed by atoms with E-state index in [0.717, 1.165) is 11.3 Å². The zero-order chi connectivity index (χ0) is 9.56. The van der Waals surface area contributed by atoms with Crippen LogP contribution in [0.15, 0.2) is 18.2 Å². The molecular formula is C10H16O2. The van der Waals surface area contributed by atoms with E-state index < -0.39 is 0 Å². The third-order valence-corrected chi connectivity index (χ3v) is 1.38. The number of benzene rings is 1. The third kappa shape index (κ3) is 2.82. The zero-order valence-electron chi connectivity index (χ0n) is 8.09. The topological polar surface area (TPSA) is 29.5 Å². The zero-order valence-corrected chi connectivity index (χ0v) is 8.09. The van der Waals surface area contributed by atoms with Gasteiger partial charge in [-0.15, -0.1) is 0 Å². The minimum Gasteiger partial charge on any atom is -0.508 e. The molecule has 0 atom stereocenters. The van der Waals surface area contributed by atoms with Gasteiger partial charge in [-0.25, -0.2) is 0 Å². The summed E-state index contributed by atoms with van der Waals surface area (Å²) in [6.07, 6.45) is 0. The molecule has 0 spiro atoms. The van der Waals surface area contributed by atoms with Gasteiger partial charge in [0.25, 0.3) is 0 Å². The van der Waals surface area contributed by atoms with Crippen LogP contribution in [0.3, 0.4) is 0 Å². The fraction of sp³-hybridized carbons (Fsp3) is 0.400. The highest BCUT2D eigenvalue weighted by Gasteiger charge is 1.96. The smallest absolute Gasteiger partial charge is 0.122 e. The molecule has 0 radical (unpaired) electrons. The van der Waals surface area contributed by atoms with E-state index in [9.17, 15) is 0 Å². The third-order valence-electron chi connectivity index (χ3n) is 1.38. The lowest BCUT2D eigenvalue weighted by Crippen LogP contribution is -1.84. The lowest BCUT2D eigenvalue weighted by Gasteiger charge is -2.02. The SMILES string of the molecule is CC.COc1ccc(O)cc1C. The minimum absolute atomic E-state index is 0.276. The molecule has 0 saturated heterocycles. The molecule has 0 aliphatic carbocycles. The van der Waals surface area contributed by atoms with E-state index in [2.05, 4.69) is 0 Å². The first-order valence-electron chi connectivity index (χ1n) is 4.07. The lowest BCUT2D eigenvalue weighted by molar-refractivity contribution is 0.409. The van der Waals surface area contributed by atoms with Gasteiger partial charge in [-0.1, -0.05) is 13.8 Å². The molecule has 1 rings (SSSR count). The molecule has 0 heterocycles. The molecule has 0 unspecified atom stereocenters. The Bertz CT molecular complexity index is 231. The quantitative estimate of drug-likeness (QED) is 0.698. The Balaban J connectivity index is 0.000000561. The second-order valence-corrected chi connectivity index (χ2v) is 2.15. The number of aryl methyl sites for hydroxylation is 1. The van der Waals surface area contributed by atoms with Gasteiger partial charge < -0.3 is 9.84 Å². The Morgan fingerprint density at radius 2 is 1.83 bits per heavy atom. The fourth-order valence-electron chi connectivity index (χ4n) is 0.863. The average molecular weight is 168 g/mol. The van der Waals surface area contributed by atoms with E-state index >= 15 is 0 Å². The van der Waals surface area contributed by atoms with Crippen molar-refractivity contribution in [2.45, 2.75) is 20.8 Å². The molecule has 0 bridgehead atoms. The van der Waals surface area contributed by atoms with E-state index in [-0.39, 0.29) is 5.75 Å². The first-order chi connectivity index (χ1) is 5.74. The second kappa shape index (κ2) is 5.47. The summed E-state index contributed by atoms with van der Waals surface area (Å²) in [5.74, 6) is 1.08. The standard InChI is InChI=1S/C8H10O2.C2H6/c1-6-5-7(9)3-4-8(6)10-2;1-2/h3-5,9H,1-2H3;1-2H3. The Morgan fingerprint density at radius 1 is 1.25 bits per heavy atom. The van der Waals surface area contributed by atoms with Gasteiger partial charge in [-0.05, 0) is 30.7 Å². The number of ether oxygens (including phenoxy) is 1. The number of aromatic hydroxyl groups is 1. The maximum atomic E-state index is 8.98. The van der Waals surface area contributed by atoms with Crippen molar-refractivity contribution in [3.05, 3.63) is 23.8 Å². The fourth-order valence-corrected chi connectivity index (χ4v) is 0.863. The van der Waals surface area contributed by atoms with E-state index in [1.54, 1.807) is 25.3 Å². The molecule has 0 aromatic heterocycles. The van der Waals surface area contributed by atoms with Crippen LogP contribution in [0.2, 0.25) is 0 Å². The molecule has 0 fully saturated rings. The largest absolute Gasteiger partial charge is 0.508 e. The van der Waals surface area contributed by atoms with Crippen molar-refractivity contribution in [1.29, 1.82) is 0 Å². The number of hydrogen-bond acceptors (Lipinski definition) is 2. The highest BCUT2D eigenvalue weighted by molar-refractivity contribution is 5.38. The molecular weight excluding hydrogens is 152 g/mol. The van der Waals surface area contributed by atoms with Gasteiger partial charge in [0.05, 0.1) is 7.11 Å². The molecule has 0 aliphatic rings. The maximum Gasteiger partial charge on any atom is 0.122 e. The minimum atomic E-state index is 0.276. The summed E-state index contributed by atoms with van der Waals surface area (Å²) >= 11 is 0. The van der Waals surface area contributed by atoms with Crippen LogP contribution in [0.4, 0.5) is 0 Å². The van der Waals surface area contributed by atoms with Crippen molar-refractivity contribution in [1.82, 2.24) is 0 Å². The highest BCUT2D eigenvalue weighted by Crippen LogP contribution is 2.21. The van der Waals surface area contributed by atoms with Gasteiger partial charge in [0.15, 0.2) is 0 Å².